The highest BCUT2D eigenvalue weighted by Crippen LogP contribution is 2.48. The van der Waals surface area contributed by atoms with E-state index in [-0.39, 0.29) is 5.41 Å². The lowest BCUT2D eigenvalue weighted by atomic mass is 9.85. The maximum Gasteiger partial charge on any atom is 0.229 e. The molecule has 0 spiro atoms. The van der Waals surface area contributed by atoms with Crippen molar-refractivity contribution < 1.29 is 4.52 Å². The fourth-order valence-corrected chi connectivity index (χ4v) is 4.90. The molecule has 3 fully saturated rings. The van der Waals surface area contributed by atoms with Gasteiger partial charge in [0.15, 0.2) is 5.82 Å². The third kappa shape index (κ3) is 3.62. The Labute approximate surface area is 167 Å². The second-order valence-electron chi connectivity index (χ2n) is 9.45. The van der Waals surface area contributed by atoms with E-state index < -0.39 is 0 Å². The summed E-state index contributed by atoms with van der Waals surface area (Å²) < 4.78 is 5.74. The Kier molecular flexibility index (Phi) is 4.76. The van der Waals surface area contributed by atoms with E-state index in [0.717, 1.165) is 31.1 Å². The van der Waals surface area contributed by atoms with Gasteiger partial charge in [-0.3, -0.25) is 0 Å². The van der Waals surface area contributed by atoms with Crippen molar-refractivity contribution in [2.45, 2.75) is 74.3 Å². The molecule has 1 aromatic carbocycles. The number of hydrogen-bond donors (Lipinski definition) is 1. The van der Waals surface area contributed by atoms with Crippen LogP contribution in [0.1, 0.15) is 74.1 Å². The molecule has 150 valence electrons. The molecule has 5 heteroatoms. The third-order valence-corrected chi connectivity index (χ3v) is 7.27. The van der Waals surface area contributed by atoms with E-state index in [4.69, 9.17) is 9.51 Å². The average Bonchev–Trinajstić information content (AvgIpc) is 3.64. The van der Waals surface area contributed by atoms with E-state index in [9.17, 15) is 0 Å². The highest BCUT2D eigenvalue weighted by atomic mass is 16.5. The summed E-state index contributed by atoms with van der Waals surface area (Å²) in [6.45, 7) is 0.980. The fraction of sp³-hybridized carbons (Fsp3) is 0.652. The van der Waals surface area contributed by atoms with Crippen LogP contribution in [0.2, 0.25) is 0 Å². The molecule has 1 aromatic heterocycles. The van der Waals surface area contributed by atoms with E-state index >= 15 is 0 Å². The summed E-state index contributed by atoms with van der Waals surface area (Å²) in [5.41, 5.74) is 1.58. The van der Waals surface area contributed by atoms with Gasteiger partial charge in [-0.15, -0.1) is 0 Å². The van der Waals surface area contributed by atoms with Gasteiger partial charge in [-0.2, -0.15) is 4.98 Å². The van der Waals surface area contributed by atoms with Crippen LogP contribution in [0.5, 0.6) is 0 Å². The molecule has 3 aliphatic rings. The van der Waals surface area contributed by atoms with Crippen LogP contribution in [0.4, 0.5) is 0 Å². The molecular formula is C23H32N4O. The van der Waals surface area contributed by atoms with Gasteiger partial charge in [-0.05, 0) is 64.6 Å². The van der Waals surface area contributed by atoms with Crippen molar-refractivity contribution in [1.82, 2.24) is 20.4 Å². The van der Waals surface area contributed by atoms with Gasteiger partial charge < -0.3 is 14.7 Å². The molecule has 1 heterocycles. The van der Waals surface area contributed by atoms with Crippen LogP contribution in [-0.2, 0) is 5.41 Å². The first kappa shape index (κ1) is 18.3. The van der Waals surface area contributed by atoms with Crippen LogP contribution in [0, 0.1) is 0 Å². The molecule has 1 N–H and O–H groups in total. The van der Waals surface area contributed by atoms with E-state index in [1.165, 1.54) is 37.7 Å². The van der Waals surface area contributed by atoms with E-state index in [0.29, 0.717) is 23.9 Å². The summed E-state index contributed by atoms with van der Waals surface area (Å²) >= 11 is 0. The average molecular weight is 381 g/mol. The normalized spacial score (nSPS) is 31.1. The topological polar surface area (TPSA) is 54.2 Å². The molecule has 0 radical (unpaired) electrons. The maximum atomic E-state index is 5.74. The number of nitrogens with one attached hydrogen (secondary N) is 1. The van der Waals surface area contributed by atoms with Crippen LogP contribution >= 0.6 is 0 Å². The first-order chi connectivity index (χ1) is 13.6. The lowest BCUT2D eigenvalue weighted by Gasteiger charge is -2.31. The molecule has 5 rings (SSSR count). The van der Waals surface area contributed by atoms with Crippen molar-refractivity contribution in [3.05, 3.63) is 47.6 Å². The Morgan fingerprint density at radius 1 is 1.11 bits per heavy atom. The zero-order valence-corrected chi connectivity index (χ0v) is 17.1. The first-order valence-corrected chi connectivity index (χ1v) is 10.9. The molecule has 0 aliphatic heterocycles. The van der Waals surface area contributed by atoms with Crippen molar-refractivity contribution in [2.24, 2.45) is 0 Å². The Balaban J connectivity index is 1.16. The Morgan fingerprint density at radius 2 is 1.86 bits per heavy atom. The highest BCUT2D eigenvalue weighted by Gasteiger charge is 2.50. The highest BCUT2D eigenvalue weighted by molar-refractivity contribution is 5.28. The van der Waals surface area contributed by atoms with Crippen LogP contribution in [0.25, 0.3) is 0 Å². The monoisotopic (exact) mass is 380 g/mol. The Bertz CT molecular complexity index is 790. The smallest absolute Gasteiger partial charge is 0.229 e. The predicted octanol–water partition coefficient (Wildman–Crippen LogP) is 3.83. The minimum absolute atomic E-state index is 0.117. The van der Waals surface area contributed by atoms with E-state index in [2.05, 4.69) is 59.8 Å². The molecule has 0 amide bonds. The summed E-state index contributed by atoms with van der Waals surface area (Å²) in [6.07, 6.45) is 8.37. The number of aromatic nitrogens is 2. The van der Waals surface area contributed by atoms with Gasteiger partial charge >= 0.3 is 0 Å². The molecule has 5 nitrogen and oxygen atoms in total. The summed E-state index contributed by atoms with van der Waals surface area (Å²) in [5, 5.41) is 8.21. The second kappa shape index (κ2) is 7.27. The summed E-state index contributed by atoms with van der Waals surface area (Å²) in [5.74, 6) is 2.95. The molecular weight excluding hydrogens is 348 g/mol. The van der Waals surface area contributed by atoms with Gasteiger partial charge in [0.25, 0.3) is 0 Å². The van der Waals surface area contributed by atoms with Crippen molar-refractivity contribution in [3.8, 4) is 0 Å². The minimum atomic E-state index is 0.117. The predicted molar refractivity (Wildman–Crippen MR) is 109 cm³/mol. The zero-order chi connectivity index (χ0) is 19.1. The zero-order valence-electron chi connectivity index (χ0n) is 17.1. The molecule has 0 saturated heterocycles. The first-order valence-electron chi connectivity index (χ1n) is 10.9. The van der Waals surface area contributed by atoms with E-state index in [1.807, 2.05) is 0 Å². The third-order valence-electron chi connectivity index (χ3n) is 7.27. The summed E-state index contributed by atoms with van der Waals surface area (Å²) in [6, 6.07) is 12.2. The largest absolute Gasteiger partial charge is 0.339 e. The number of rotatable bonds is 7. The molecule has 0 bridgehead atoms. The number of nitrogens with zero attached hydrogens (tertiary/aromatic N) is 3. The maximum absolute atomic E-state index is 5.74. The molecule has 2 atom stereocenters. The van der Waals surface area contributed by atoms with Crippen molar-refractivity contribution >= 4 is 0 Å². The van der Waals surface area contributed by atoms with Gasteiger partial charge in [0.05, 0.1) is 0 Å². The van der Waals surface area contributed by atoms with Gasteiger partial charge in [0.1, 0.15) is 0 Å². The number of benzene rings is 1. The molecule has 28 heavy (non-hydrogen) atoms. The van der Waals surface area contributed by atoms with Crippen molar-refractivity contribution in [3.63, 3.8) is 0 Å². The summed E-state index contributed by atoms with van der Waals surface area (Å²) in [7, 11) is 4.36. The minimum Gasteiger partial charge on any atom is -0.339 e. The van der Waals surface area contributed by atoms with Crippen LogP contribution in [-0.4, -0.2) is 47.8 Å². The number of hydrogen-bond acceptors (Lipinski definition) is 5. The lowest BCUT2D eigenvalue weighted by Crippen LogP contribution is -2.31. The molecule has 2 aromatic rings. The molecule has 3 saturated carbocycles. The van der Waals surface area contributed by atoms with Crippen molar-refractivity contribution in [2.75, 3.05) is 20.6 Å². The SMILES string of the molecule is CN(C)[C@H]1CC[C@@H](c2nc(C3(CN[C@@H]4C[C@H]4c4ccccc4)CC3)no2)CC1. The van der Waals surface area contributed by atoms with Gasteiger partial charge in [-0.1, -0.05) is 35.5 Å². The lowest BCUT2D eigenvalue weighted by molar-refractivity contribution is 0.201. The van der Waals surface area contributed by atoms with Gasteiger partial charge in [0, 0.05) is 35.9 Å². The van der Waals surface area contributed by atoms with Crippen LogP contribution in [0.3, 0.4) is 0 Å². The van der Waals surface area contributed by atoms with Crippen LogP contribution in [0.15, 0.2) is 34.9 Å². The second-order valence-corrected chi connectivity index (χ2v) is 9.45. The van der Waals surface area contributed by atoms with Gasteiger partial charge in [-0.25, -0.2) is 0 Å². The fourth-order valence-electron chi connectivity index (χ4n) is 4.90. The van der Waals surface area contributed by atoms with E-state index in [1.54, 1.807) is 0 Å². The van der Waals surface area contributed by atoms with Gasteiger partial charge in [0.2, 0.25) is 5.89 Å². The van der Waals surface area contributed by atoms with Crippen LogP contribution < -0.4 is 5.32 Å². The summed E-state index contributed by atoms with van der Waals surface area (Å²) in [4.78, 5) is 7.23. The Morgan fingerprint density at radius 3 is 2.54 bits per heavy atom. The van der Waals surface area contributed by atoms with Crippen molar-refractivity contribution in [1.29, 1.82) is 0 Å². The quantitative estimate of drug-likeness (QED) is 0.791. The molecule has 3 aliphatic carbocycles. The Hall–Kier alpha value is -1.72. The molecule has 0 unspecified atom stereocenters. The standard InChI is InChI=1S/C23H32N4O/c1-27(2)18-10-8-17(9-11-18)21-25-22(26-28-21)23(12-13-23)15-24-20-14-19(20)16-6-4-3-5-7-16/h3-7,17-20,24H,8-15H2,1-2H3/t17-,18+,19-,20+/m0/s1.